The highest BCUT2D eigenvalue weighted by molar-refractivity contribution is 9.10. The molecular formula is C23H24BrN3OS. The lowest BCUT2D eigenvalue weighted by molar-refractivity contribution is -0.118. The Labute approximate surface area is 184 Å². The monoisotopic (exact) mass is 469 g/mol. The predicted molar refractivity (Wildman–Crippen MR) is 126 cm³/mol. The smallest absolute Gasteiger partial charge is 0.250 e. The van der Waals surface area contributed by atoms with Gasteiger partial charge in [-0.25, -0.2) is 5.43 Å². The Morgan fingerprint density at radius 2 is 1.86 bits per heavy atom. The van der Waals surface area contributed by atoms with Gasteiger partial charge in [-0.15, -0.1) is 11.8 Å². The van der Waals surface area contributed by atoms with E-state index in [0.717, 1.165) is 32.9 Å². The van der Waals surface area contributed by atoms with E-state index in [1.165, 1.54) is 11.1 Å². The fraction of sp³-hybridized carbons (Fsp3) is 0.217. The van der Waals surface area contributed by atoms with E-state index < -0.39 is 0 Å². The van der Waals surface area contributed by atoms with Crippen LogP contribution in [0.2, 0.25) is 0 Å². The van der Waals surface area contributed by atoms with Crippen molar-refractivity contribution in [1.29, 1.82) is 0 Å². The maximum Gasteiger partial charge on any atom is 0.250 e. The number of hydrogen-bond acceptors (Lipinski definition) is 3. The highest BCUT2D eigenvalue weighted by Gasteiger charge is 2.11. The SMILES string of the molecule is Cc1ccccc1CSCC(=O)N/N=C\c1cc(C)n(-c2ccccc2Br)c1C. The number of para-hydroxylation sites is 1. The molecule has 0 unspecified atom stereocenters. The Bertz CT molecular complexity index is 1040. The molecule has 0 fully saturated rings. The fourth-order valence-corrected chi connectivity index (χ4v) is 4.51. The number of aryl methyl sites for hydroxylation is 2. The van der Waals surface area contributed by atoms with Crippen LogP contribution in [0, 0.1) is 20.8 Å². The zero-order chi connectivity index (χ0) is 20.8. The molecule has 3 rings (SSSR count). The summed E-state index contributed by atoms with van der Waals surface area (Å²) in [6, 6.07) is 18.4. The summed E-state index contributed by atoms with van der Waals surface area (Å²) in [6.07, 6.45) is 1.71. The Hall–Kier alpha value is -2.31. The minimum atomic E-state index is -0.0977. The second-order valence-electron chi connectivity index (χ2n) is 6.83. The first-order valence-electron chi connectivity index (χ1n) is 9.35. The molecule has 1 N–H and O–H groups in total. The van der Waals surface area contributed by atoms with E-state index in [1.807, 2.05) is 37.3 Å². The van der Waals surface area contributed by atoms with Crippen molar-refractivity contribution < 1.29 is 4.79 Å². The topological polar surface area (TPSA) is 46.4 Å². The summed E-state index contributed by atoms with van der Waals surface area (Å²) in [5, 5.41) is 4.15. The lowest BCUT2D eigenvalue weighted by atomic mass is 10.1. The molecule has 150 valence electrons. The molecule has 0 aliphatic carbocycles. The van der Waals surface area contributed by atoms with Gasteiger partial charge in [0, 0.05) is 27.2 Å². The van der Waals surface area contributed by atoms with Gasteiger partial charge in [0.05, 0.1) is 17.7 Å². The van der Waals surface area contributed by atoms with Gasteiger partial charge in [0.1, 0.15) is 0 Å². The third-order valence-electron chi connectivity index (χ3n) is 4.71. The standard InChI is InChI=1S/C23H24BrN3OS/c1-16-8-4-5-9-19(16)14-29-15-23(28)26-25-13-20-12-17(2)27(18(20)3)22-11-7-6-10-21(22)24/h4-13H,14-15H2,1-3H3,(H,26,28)/b25-13-. The largest absolute Gasteiger partial charge is 0.317 e. The van der Waals surface area contributed by atoms with E-state index >= 15 is 0 Å². The van der Waals surface area contributed by atoms with Crippen LogP contribution in [-0.4, -0.2) is 22.4 Å². The molecule has 29 heavy (non-hydrogen) atoms. The van der Waals surface area contributed by atoms with Crippen LogP contribution in [0.25, 0.3) is 5.69 Å². The molecule has 0 atom stereocenters. The average molecular weight is 470 g/mol. The van der Waals surface area contributed by atoms with Gasteiger partial charge in [-0.05, 0) is 66.0 Å². The lowest BCUT2D eigenvalue weighted by Gasteiger charge is -2.11. The van der Waals surface area contributed by atoms with E-state index in [-0.39, 0.29) is 5.91 Å². The third kappa shape index (κ3) is 5.40. The summed E-state index contributed by atoms with van der Waals surface area (Å²) in [5.74, 6) is 1.10. The number of carbonyl (C=O) groups is 1. The number of hydrazone groups is 1. The molecule has 3 aromatic rings. The first-order valence-corrected chi connectivity index (χ1v) is 11.3. The maximum absolute atomic E-state index is 12.1. The van der Waals surface area contributed by atoms with Crippen molar-refractivity contribution in [3.8, 4) is 5.69 Å². The van der Waals surface area contributed by atoms with E-state index in [9.17, 15) is 4.79 Å². The molecule has 2 aromatic carbocycles. The molecule has 4 nitrogen and oxygen atoms in total. The number of aromatic nitrogens is 1. The number of thioether (sulfide) groups is 1. The van der Waals surface area contributed by atoms with Crippen molar-refractivity contribution in [2.24, 2.45) is 5.10 Å². The number of nitrogens with zero attached hydrogens (tertiary/aromatic N) is 2. The van der Waals surface area contributed by atoms with Gasteiger partial charge in [-0.1, -0.05) is 36.4 Å². The zero-order valence-electron chi connectivity index (χ0n) is 16.8. The minimum absolute atomic E-state index is 0.0977. The zero-order valence-corrected chi connectivity index (χ0v) is 19.2. The Balaban J connectivity index is 1.58. The normalized spacial score (nSPS) is 11.2. The van der Waals surface area contributed by atoms with E-state index in [0.29, 0.717) is 5.75 Å². The van der Waals surface area contributed by atoms with Crippen molar-refractivity contribution in [2.45, 2.75) is 26.5 Å². The van der Waals surface area contributed by atoms with Crippen LogP contribution in [0.1, 0.15) is 28.1 Å². The second-order valence-corrected chi connectivity index (χ2v) is 8.67. The molecule has 0 bridgehead atoms. The summed E-state index contributed by atoms with van der Waals surface area (Å²) in [6.45, 7) is 6.20. The highest BCUT2D eigenvalue weighted by atomic mass is 79.9. The molecule has 0 saturated heterocycles. The van der Waals surface area contributed by atoms with Crippen LogP contribution >= 0.6 is 27.7 Å². The van der Waals surface area contributed by atoms with Gasteiger partial charge < -0.3 is 4.57 Å². The van der Waals surface area contributed by atoms with Crippen molar-refractivity contribution in [3.05, 3.63) is 87.1 Å². The summed E-state index contributed by atoms with van der Waals surface area (Å²) in [4.78, 5) is 12.1. The van der Waals surface area contributed by atoms with Crippen molar-refractivity contribution in [1.82, 2.24) is 9.99 Å². The number of benzene rings is 2. The fourth-order valence-electron chi connectivity index (χ4n) is 3.15. The molecule has 0 radical (unpaired) electrons. The van der Waals surface area contributed by atoms with Gasteiger partial charge in [0.25, 0.3) is 0 Å². The molecule has 0 spiro atoms. The molecule has 0 aliphatic heterocycles. The number of carbonyl (C=O) groups excluding carboxylic acids is 1. The second kappa shape index (κ2) is 9.94. The Morgan fingerprint density at radius 3 is 2.62 bits per heavy atom. The van der Waals surface area contributed by atoms with Gasteiger partial charge in [0.2, 0.25) is 5.91 Å². The number of hydrogen-bond donors (Lipinski definition) is 1. The van der Waals surface area contributed by atoms with Crippen LogP contribution in [0.5, 0.6) is 0 Å². The van der Waals surface area contributed by atoms with E-state index in [4.69, 9.17) is 0 Å². The highest BCUT2D eigenvalue weighted by Crippen LogP contribution is 2.26. The van der Waals surface area contributed by atoms with Crippen LogP contribution in [0.15, 0.2) is 64.2 Å². The average Bonchev–Trinajstić information content (AvgIpc) is 2.97. The summed E-state index contributed by atoms with van der Waals surface area (Å²) in [7, 11) is 0. The first-order chi connectivity index (χ1) is 14.0. The molecule has 1 amide bonds. The molecular weight excluding hydrogens is 446 g/mol. The maximum atomic E-state index is 12.1. The predicted octanol–water partition coefficient (Wildman–Crippen LogP) is 5.55. The van der Waals surface area contributed by atoms with E-state index in [1.54, 1.807) is 18.0 Å². The Kier molecular flexibility index (Phi) is 7.34. The van der Waals surface area contributed by atoms with Crippen LogP contribution in [0.3, 0.4) is 0 Å². The summed E-state index contributed by atoms with van der Waals surface area (Å²) < 4.78 is 3.20. The summed E-state index contributed by atoms with van der Waals surface area (Å²) in [5.41, 5.74) is 9.38. The molecule has 0 aliphatic rings. The number of amides is 1. The van der Waals surface area contributed by atoms with Crippen molar-refractivity contribution in [3.63, 3.8) is 0 Å². The van der Waals surface area contributed by atoms with Gasteiger partial charge in [-0.2, -0.15) is 5.10 Å². The number of halogens is 1. The van der Waals surface area contributed by atoms with Crippen LogP contribution in [0.4, 0.5) is 0 Å². The van der Waals surface area contributed by atoms with Crippen LogP contribution < -0.4 is 5.43 Å². The van der Waals surface area contributed by atoms with Crippen molar-refractivity contribution in [2.75, 3.05) is 5.75 Å². The first kappa shape index (κ1) is 21.4. The van der Waals surface area contributed by atoms with Crippen LogP contribution in [-0.2, 0) is 10.5 Å². The molecule has 1 aromatic heterocycles. The quantitative estimate of drug-likeness (QED) is 0.364. The van der Waals surface area contributed by atoms with Gasteiger partial charge >= 0.3 is 0 Å². The summed E-state index contributed by atoms with van der Waals surface area (Å²) >= 11 is 5.20. The molecule has 1 heterocycles. The minimum Gasteiger partial charge on any atom is -0.317 e. The number of rotatable bonds is 7. The van der Waals surface area contributed by atoms with E-state index in [2.05, 4.69) is 69.1 Å². The number of nitrogens with one attached hydrogen (secondary N) is 1. The molecule has 0 saturated carbocycles. The van der Waals surface area contributed by atoms with Crippen molar-refractivity contribution >= 4 is 39.8 Å². The lowest BCUT2D eigenvalue weighted by Crippen LogP contribution is -2.19. The van der Waals surface area contributed by atoms with Gasteiger partial charge in [0.15, 0.2) is 0 Å². The molecule has 6 heteroatoms. The Morgan fingerprint density at radius 1 is 1.14 bits per heavy atom. The third-order valence-corrected chi connectivity index (χ3v) is 6.36. The van der Waals surface area contributed by atoms with Gasteiger partial charge in [-0.3, -0.25) is 4.79 Å².